The second-order valence-corrected chi connectivity index (χ2v) is 4.17. The third kappa shape index (κ3) is 2.88. The Kier molecular flexibility index (Phi) is 4.00. The number of aromatic nitrogens is 2. The van der Waals surface area contributed by atoms with Crippen LogP contribution in [-0.2, 0) is 13.5 Å². The van der Waals surface area contributed by atoms with Crippen LogP contribution in [0.15, 0.2) is 0 Å². The van der Waals surface area contributed by atoms with E-state index in [1.165, 1.54) is 0 Å². The quantitative estimate of drug-likeness (QED) is 0.810. The van der Waals surface area contributed by atoms with Crippen LogP contribution in [0.3, 0.4) is 0 Å². The zero-order valence-corrected chi connectivity index (χ0v) is 10.1. The number of rotatable bonds is 5. The van der Waals surface area contributed by atoms with Crippen LogP contribution in [0.1, 0.15) is 32.9 Å². The van der Waals surface area contributed by atoms with Gasteiger partial charge in [-0.25, -0.2) is 4.68 Å². The minimum absolute atomic E-state index is 0.644. The lowest BCUT2D eigenvalue weighted by Gasteiger charge is -2.08. The highest BCUT2D eigenvalue weighted by Gasteiger charge is 2.12. The van der Waals surface area contributed by atoms with Gasteiger partial charge in [0, 0.05) is 7.05 Å². The predicted octanol–water partition coefficient (Wildman–Crippen LogP) is 1.99. The van der Waals surface area contributed by atoms with E-state index in [1.54, 1.807) is 4.68 Å². The van der Waals surface area contributed by atoms with Gasteiger partial charge in [0.25, 0.3) is 0 Å². The Balaban J connectivity index is 2.64. The van der Waals surface area contributed by atoms with E-state index in [0.717, 1.165) is 18.5 Å². The fourth-order valence-corrected chi connectivity index (χ4v) is 1.40. The van der Waals surface area contributed by atoms with Gasteiger partial charge in [0.1, 0.15) is 5.69 Å². The smallest absolute Gasteiger partial charge is 0.235 e. The molecule has 0 bridgehead atoms. The van der Waals surface area contributed by atoms with Crippen molar-refractivity contribution in [1.82, 2.24) is 9.78 Å². The minimum atomic E-state index is 0.644. The van der Waals surface area contributed by atoms with E-state index < -0.39 is 0 Å². The average Bonchev–Trinajstić information content (AvgIpc) is 2.44. The maximum absolute atomic E-state index is 5.92. The molecule has 0 saturated heterocycles. The number of nitrogens with zero attached hydrogens (tertiary/aromatic N) is 2. The van der Waals surface area contributed by atoms with Gasteiger partial charge in [0.15, 0.2) is 0 Å². The molecule has 4 nitrogen and oxygen atoms in total. The average molecular weight is 211 g/mol. The molecule has 0 amide bonds. The molecule has 0 unspecified atom stereocenters. The summed E-state index contributed by atoms with van der Waals surface area (Å²) >= 11 is 0. The normalized spacial score (nSPS) is 11.0. The van der Waals surface area contributed by atoms with Crippen molar-refractivity contribution in [3.8, 4) is 5.88 Å². The summed E-state index contributed by atoms with van der Waals surface area (Å²) in [6.45, 7) is 7.09. The molecule has 0 atom stereocenters. The maximum atomic E-state index is 5.92. The van der Waals surface area contributed by atoms with Gasteiger partial charge in [-0.05, 0) is 18.8 Å². The van der Waals surface area contributed by atoms with E-state index in [-0.39, 0.29) is 0 Å². The lowest BCUT2D eigenvalue weighted by Crippen LogP contribution is -2.06. The van der Waals surface area contributed by atoms with Crippen molar-refractivity contribution in [2.24, 2.45) is 13.0 Å². The molecule has 0 fully saturated rings. The number of hydrogen-bond acceptors (Lipinski definition) is 3. The molecule has 1 aromatic rings. The van der Waals surface area contributed by atoms with Crippen LogP contribution in [0.5, 0.6) is 5.88 Å². The Labute approximate surface area is 91.4 Å². The predicted molar refractivity (Wildman–Crippen MR) is 61.9 cm³/mol. The van der Waals surface area contributed by atoms with Crippen molar-refractivity contribution < 1.29 is 4.74 Å². The largest absolute Gasteiger partial charge is 0.476 e. The minimum Gasteiger partial charge on any atom is -0.476 e. The van der Waals surface area contributed by atoms with Crippen molar-refractivity contribution in [2.45, 2.75) is 33.6 Å². The Bertz CT molecular complexity index is 318. The van der Waals surface area contributed by atoms with Crippen molar-refractivity contribution in [3.05, 3.63) is 5.69 Å². The van der Waals surface area contributed by atoms with E-state index >= 15 is 0 Å². The van der Waals surface area contributed by atoms with Gasteiger partial charge >= 0.3 is 0 Å². The van der Waals surface area contributed by atoms with Gasteiger partial charge < -0.3 is 10.5 Å². The summed E-state index contributed by atoms with van der Waals surface area (Å²) in [6, 6.07) is 0. The molecule has 0 aromatic carbocycles. The van der Waals surface area contributed by atoms with Gasteiger partial charge in [-0.15, -0.1) is 0 Å². The molecule has 0 aliphatic carbocycles. The molecule has 0 aliphatic heterocycles. The molecule has 15 heavy (non-hydrogen) atoms. The van der Waals surface area contributed by atoms with E-state index in [2.05, 4.69) is 18.9 Å². The summed E-state index contributed by atoms with van der Waals surface area (Å²) in [5.41, 5.74) is 7.52. The Morgan fingerprint density at radius 1 is 1.47 bits per heavy atom. The van der Waals surface area contributed by atoms with Gasteiger partial charge in [-0.1, -0.05) is 20.8 Å². The SMILES string of the molecule is CCc1nn(C)c(OCCC(C)C)c1N. The second kappa shape index (κ2) is 5.05. The molecule has 0 aliphatic rings. The Hall–Kier alpha value is -1.19. The summed E-state index contributed by atoms with van der Waals surface area (Å²) in [7, 11) is 1.86. The number of nitrogen functional groups attached to an aromatic ring is 1. The van der Waals surface area contributed by atoms with Crippen molar-refractivity contribution >= 4 is 5.69 Å². The lowest BCUT2D eigenvalue weighted by molar-refractivity contribution is 0.268. The Morgan fingerprint density at radius 2 is 2.13 bits per heavy atom. The number of aryl methyl sites for hydroxylation is 2. The van der Waals surface area contributed by atoms with Gasteiger partial charge in [-0.2, -0.15) is 5.10 Å². The fourth-order valence-electron chi connectivity index (χ4n) is 1.40. The van der Waals surface area contributed by atoms with E-state index in [0.29, 0.717) is 24.1 Å². The third-order valence-electron chi connectivity index (χ3n) is 2.37. The fraction of sp³-hybridized carbons (Fsp3) is 0.727. The molecule has 1 heterocycles. The number of ether oxygens (including phenoxy) is 1. The second-order valence-electron chi connectivity index (χ2n) is 4.17. The van der Waals surface area contributed by atoms with E-state index in [4.69, 9.17) is 10.5 Å². The maximum Gasteiger partial charge on any atom is 0.235 e. The third-order valence-corrected chi connectivity index (χ3v) is 2.37. The van der Waals surface area contributed by atoms with Crippen LogP contribution < -0.4 is 10.5 Å². The molecular weight excluding hydrogens is 190 g/mol. The zero-order valence-electron chi connectivity index (χ0n) is 10.1. The van der Waals surface area contributed by atoms with Crippen molar-refractivity contribution in [2.75, 3.05) is 12.3 Å². The molecular formula is C11H21N3O. The molecule has 0 saturated carbocycles. The summed E-state index contributed by atoms with van der Waals surface area (Å²) in [5.74, 6) is 1.34. The standard InChI is InChI=1S/C11H21N3O/c1-5-9-10(12)11(14(4)13-9)15-7-6-8(2)3/h8H,5-7,12H2,1-4H3. The Morgan fingerprint density at radius 3 is 2.60 bits per heavy atom. The molecule has 0 spiro atoms. The van der Waals surface area contributed by atoms with Crippen LogP contribution in [0.25, 0.3) is 0 Å². The summed E-state index contributed by atoms with van der Waals surface area (Å²) in [4.78, 5) is 0. The molecule has 0 radical (unpaired) electrons. The van der Waals surface area contributed by atoms with Gasteiger partial charge in [-0.3, -0.25) is 0 Å². The summed E-state index contributed by atoms with van der Waals surface area (Å²) < 4.78 is 7.35. The first-order valence-corrected chi connectivity index (χ1v) is 5.50. The van der Waals surface area contributed by atoms with E-state index in [1.807, 2.05) is 14.0 Å². The molecule has 86 valence electrons. The van der Waals surface area contributed by atoms with Crippen LogP contribution in [0.2, 0.25) is 0 Å². The zero-order chi connectivity index (χ0) is 11.4. The lowest BCUT2D eigenvalue weighted by atomic mass is 10.1. The van der Waals surface area contributed by atoms with Crippen LogP contribution in [0.4, 0.5) is 5.69 Å². The molecule has 4 heteroatoms. The highest BCUT2D eigenvalue weighted by Crippen LogP contribution is 2.24. The highest BCUT2D eigenvalue weighted by atomic mass is 16.5. The van der Waals surface area contributed by atoms with Gasteiger partial charge in [0.05, 0.1) is 12.3 Å². The van der Waals surface area contributed by atoms with Crippen LogP contribution >= 0.6 is 0 Å². The molecule has 2 N–H and O–H groups in total. The highest BCUT2D eigenvalue weighted by molar-refractivity contribution is 5.53. The first kappa shape index (κ1) is 11.9. The summed E-state index contributed by atoms with van der Waals surface area (Å²) in [5, 5.41) is 4.29. The summed E-state index contributed by atoms with van der Waals surface area (Å²) in [6.07, 6.45) is 1.87. The van der Waals surface area contributed by atoms with E-state index in [9.17, 15) is 0 Å². The first-order chi connectivity index (χ1) is 7.06. The number of hydrogen-bond donors (Lipinski definition) is 1. The molecule has 1 aromatic heterocycles. The molecule has 1 rings (SSSR count). The number of anilines is 1. The van der Waals surface area contributed by atoms with Crippen LogP contribution in [-0.4, -0.2) is 16.4 Å². The van der Waals surface area contributed by atoms with Crippen LogP contribution in [0, 0.1) is 5.92 Å². The van der Waals surface area contributed by atoms with Gasteiger partial charge in [0.2, 0.25) is 5.88 Å². The first-order valence-electron chi connectivity index (χ1n) is 5.50. The van der Waals surface area contributed by atoms with Crippen molar-refractivity contribution in [1.29, 1.82) is 0 Å². The monoisotopic (exact) mass is 211 g/mol. The topological polar surface area (TPSA) is 53.1 Å². The van der Waals surface area contributed by atoms with Crippen molar-refractivity contribution in [3.63, 3.8) is 0 Å². The number of nitrogens with two attached hydrogens (primary N) is 1.